The van der Waals surface area contributed by atoms with Crippen LogP contribution >= 0.6 is 0 Å². The number of hydroxylamine groups is 2. The number of hydrogen-bond donors (Lipinski definition) is 1. The van der Waals surface area contributed by atoms with E-state index in [-0.39, 0.29) is 25.8 Å². The minimum Gasteiger partial charge on any atom is -0.530 e. The molecule has 0 atom stereocenters. The van der Waals surface area contributed by atoms with Gasteiger partial charge in [0.1, 0.15) is 6.09 Å². The van der Waals surface area contributed by atoms with Gasteiger partial charge >= 0.3 is 5.97 Å². The standard InChI is InChI=1S/C8H10N2O6/c11-5-1-2-6(12)10(5)16-7(13)3-4-9-8(14)15/h9H,1-4H2,(H,14,15)/p-1. The number of nitrogens with zero attached hydrogens (tertiary/aromatic N) is 1. The topological polar surface area (TPSA) is 116 Å². The van der Waals surface area contributed by atoms with Crippen molar-refractivity contribution in [2.45, 2.75) is 19.3 Å². The highest BCUT2D eigenvalue weighted by molar-refractivity contribution is 6.01. The van der Waals surface area contributed by atoms with Gasteiger partial charge in [0.15, 0.2) is 0 Å². The summed E-state index contributed by atoms with van der Waals surface area (Å²) in [7, 11) is 0. The predicted molar refractivity (Wildman–Crippen MR) is 45.2 cm³/mol. The number of amides is 3. The summed E-state index contributed by atoms with van der Waals surface area (Å²) in [5.41, 5.74) is 0. The van der Waals surface area contributed by atoms with E-state index >= 15 is 0 Å². The lowest BCUT2D eigenvalue weighted by molar-refractivity contribution is -0.250. The smallest absolute Gasteiger partial charge is 0.334 e. The third-order valence-corrected chi connectivity index (χ3v) is 1.80. The van der Waals surface area contributed by atoms with Crippen LogP contribution in [0.2, 0.25) is 0 Å². The molecule has 1 rings (SSSR count). The Kier molecular flexibility index (Phi) is 3.81. The van der Waals surface area contributed by atoms with Crippen molar-refractivity contribution >= 4 is 23.9 Å². The first-order chi connectivity index (χ1) is 7.50. The fourth-order valence-electron chi connectivity index (χ4n) is 1.07. The Morgan fingerprint density at radius 2 is 1.88 bits per heavy atom. The van der Waals surface area contributed by atoms with Gasteiger partial charge in [-0.05, 0) is 0 Å². The van der Waals surface area contributed by atoms with Crippen LogP contribution in [0.25, 0.3) is 0 Å². The number of nitrogens with one attached hydrogen (secondary N) is 1. The molecule has 0 radical (unpaired) electrons. The van der Waals surface area contributed by atoms with Gasteiger partial charge in [0.25, 0.3) is 11.8 Å². The van der Waals surface area contributed by atoms with Gasteiger partial charge in [0, 0.05) is 19.4 Å². The molecule has 1 aliphatic rings. The molecule has 0 saturated carbocycles. The van der Waals surface area contributed by atoms with Crippen LogP contribution in [0, 0.1) is 0 Å². The third kappa shape index (κ3) is 3.23. The minimum absolute atomic E-state index is 0.0173. The highest BCUT2D eigenvalue weighted by atomic mass is 16.7. The molecule has 1 fully saturated rings. The molecule has 0 aromatic heterocycles. The molecule has 1 saturated heterocycles. The summed E-state index contributed by atoms with van der Waals surface area (Å²) in [6.07, 6.45) is -1.76. The Morgan fingerprint density at radius 3 is 2.38 bits per heavy atom. The van der Waals surface area contributed by atoms with Crippen LogP contribution in [0.4, 0.5) is 4.79 Å². The van der Waals surface area contributed by atoms with E-state index in [0.29, 0.717) is 5.06 Å². The Morgan fingerprint density at radius 1 is 1.31 bits per heavy atom. The summed E-state index contributed by atoms with van der Waals surface area (Å²) < 4.78 is 0. The average Bonchev–Trinajstić information content (AvgIpc) is 2.49. The van der Waals surface area contributed by atoms with Crippen molar-refractivity contribution in [2.75, 3.05) is 6.54 Å². The van der Waals surface area contributed by atoms with Gasteiger partial charge < -0.3 is 20.1 Å². The van der Waals surface area contributed by atoms with Crippen molar-refractivity contribution in [2.24, 2.45) is 0 Å². The lowest BCUT2D eigenvalue weighted by Crippen LogP contribution is -2.38. The molecule has 0 aromatic carbocycles. The molecule has 0 bridgehead atoms. The first-order valence-corrected chi connectivity index (χ1v) is 4.52. The Bertz CT molecular complexity index is 323. The molecule has 1 aliphatic heterocycles. The Balaban J connectivity index is 2.31. The molecule has 0 aromatic rings. The fourth-order valence-corrected chi connectivity index (χ4v) is 1.07. The van der Waals surface area contributed by atoms with E-state index in [1.54, 1.807) is 0 Å². The van der Waals surface area contributed by atoms with Gasteiger partial charge in [-0.3, -0.25) is 9.59 Å². The van der Waals surface area contributed by atoms with Crippen LogP contribution < -0.4 is 10.4 Å². The molecule has 0 unspecified atom stereocenters. The van der Waals surface area contributed by atoms with Crippen molar-refractivity contribution < 1.29 is 29.1 Å². The quantitative estimate of drug-likeness (QED) is 0.553. The van der Waals surface area contributed by atoms with E-state index in [4.69, 9.17) is 0 Å². The zero-order valence-corrected chi connectivity index (χ0v) is 8.23. The van der Waals surface area contributed by atoms with Gasteiger partial charge in [0.05, 0.1) is 6.42 Å². The number of carboxylic acid groups (broad SMARTS) is 1. The normalized spacial score (nSPS) is 15.1. The van der Waals surface area contributed by atoms with Crippen molar-refractivity contribution in [3.8, 4) is 0 Å². The molecule has 3 amide bonds. The lowest BCUT2D eigenvalue weighted by atomic mass is 10.4. The van der Waals surface area contributed by atoms with E-state index in [0.717, 1.165) is 0 Å². The van der Waals surface area contributed by atoms with E-state index in [9.17, 15) is 24.3 Å². The minimum atomic E-state index is -1.51. The first kappa shape index (κ1) is 12.0. The average molecular weight is 229 g/mol. The second kappa shape index (κ2) is 5.10. The first-order valence-electron chi connectivity index (χ1n) is 4.52. The summed E-state index contributed by atoms with van der Waals surface area (Å²) >= 11 is 0. The largest absolute Gasteiger partial charge is 0.530 e. The Hall–Kier alpha value is -2.12. The maximum absolute atomic E-state index is 11.0. The van der Waals surface area contributed by atoms with Crippen molar-refractivity contribution in [1.29, 1.82) is 0 Å². The summed E-state index contributed by atoms with van der Waals surface area (Å²) in [5, 5.41) is 12.2. The maximum atomic E-state index is 11.0. The van der Waals surface area contributed by atoms with Crippen LogP contribution in [-0.4, -0.2) is 35.5 Å². The zero-order chi connectivity index (χ0) is 12.1. The van der Waals surface area contributed by atoms with Gasteiger partial charge in [-0.2, -0.15) is 0 Å². The SMILES string of the molecule is O=C([O-])NCCC(=O)ON1C(=O)CCC1=O. The summed E-state index contributed by atoms with van der Waals surface area (Å²) in [6, 6.07) is 0. The third-order valence-electron chi connectivity index (χ3n) is 1.80. The molecule has 8 heteroatoms. The number of carbonyl (C=O) groups is 4. The Labute approximate surface area is 90.1 Å². The number of carbonyl (C=O) groups excluding carboxylic acids is 4. The van der Waals surface area contributed by atoms with E-state index in [1.807, 2.05) is 5.32 Å². The molecule has 0 aliphatic carbocycles. The summed E-state index contributed by atoms with van der Waals surface area (Å²) in [5.74, 6) is -2.02. The van der Waals surface area contributed by atoms with Crippen molar-refractivity contribution in [3.05, 3.63) is 0 Å². The monoisotopic (exact) mass is 229 g/mol. The molecular formula is C8H9N2O6-. The van der Waals surface area contributed by atoms with Crippen molar-refractivity contribution in [3.63, 3.8) is 0 Å². The molecular weight excluding hydrogens is 220 g/mol. The van der Waals surface area contributed by atoms with E-state index in [2.05, 4.69) is 4.84 Å². The molecule has 1 heterocycles. The highest BCUT2D eigenvalue weighted by Gasteiger charge is 2.32. The molecule has 16 heavy (non-hydrogen) atoms. The van der Waals surface area contributed by atoms with Crippen molar-refractivity contribution in [1.82, 2.24) is 10.4 Å². The van der Waals surface area contributed by atoms with Crippen LogP contribution in [0.15, 0.2) is 0 Å². The van der Waals surface area contributed by atoms with Crippen LogP contribution in [0.5, 0.6) is 0 Å². The van der Waals surface area contributed by atoms with Gasteiger partial charge in [-0.1, -0.05) is 0 Å². The summed E-state index contributed by atoms with van der Waals surface area (Å²) in [6.45, 7) is -0.197. The van der Waals surface area contributed by atoms with Crippen LogP contribution in [0.3, 0.4) is 0 Å². The van der Waals surface area contributed by atoms with E-state index < -0.39 is 23.9 Å². The van der Waals surface area contributed by atoms with Gasteiger partial charge in [-0.25, -0.2) is 4.79 Å². The van der Waals surface area contributed by atoms with Crippen LogP contribution in [-0.2, 0) is 19.2 Å². The molecule has 1 N–H and O–H groups in total. The maximum Gasteiger partial charge on any atom is 0.334 e. The second-order valence-electron chi connectivity index (χ2n) is 3.01. The molecule has 8 nitrogen and oxygen atoms in total. The molecule has 0 spiro atoms. The molecule has 88 valence electrons. The van der Waals surface area contributed by atoms with Gasteiger partial charge in [0.2, 0.25) is 0 Å². The lowest BCUT2D eigenvalue weighted by Gasteiger charge is -2.12. The second-order valence-corrected chi connectivity index (χ2v) is 3.01. The highest BCUT2D eigenvalue weighted by Crippen LogP contribution is 2.12. The van der Waals surface area contributed by atoms with E-state index in [1.165, 1.54) is 0 Å². The number of imide groups is 1. The van der Waals surface area contributed by atoms with Gasteiger partial charge in [-0.15, -0.1) is 5.06 Å². The summed E-state index contributed by atoms with van der Waals surface area (Å²) in [4.78, 5) is 47.5. The predicted octanol–water partition coefficient (Wildman–Crippen LogP) is -2.08. The number of rotatable bonds is 4. The number of hydrogen-bond acceptors (Lipinski definition) is 6. The fraction of sp³-hybridized carbons (Fsp3) is 0.500. The van der Waals surface area contributed by atoms with Crippen LogP contribution in [0.1, 0.15) is 19.3 Å². The zero-order valence-electron chi connectivity index (χ0n) is 8.23.